The van der Waals surface area contributed by atoms with E-state index in [2.05, 4.69) is 24.5 Å². The number of carboxylic acid groups (broad SMARTS) is 1. The number of hydrogen-bond donors (Lipinski definition) is 3. The molecule has 0 bridgehead atoms. The van der Waals surface area contributed by atoms with Gasteiger partial charge in [-0.2, -0.15) is 0 Å². The molecule has 0 heterocycles. The summed E-state index contributed by atoms with van der Waals surface area (Å²) >= 11 is 0. The number of nitrogens with one attached hydrogen (secondary N) is 2. The van der Waals surface area contributed by atoms with Crippen LogP contribution in [0.1, 0.15) is 39.2 Å². The quantitative estimate of drug-likeness (QED) is 0.721. The monoisotopic (exact) mass is 292 g/mol. The fourth-order valence-corrected chi connectivity index (χ4v) is 1.93. The average Bonchev–Trinajstić information content (AvgIpc) is 2.44. The Morgan fingerprint density at radius 3 is 2.62 bits per heavy atom. The minimum atomic E-state index is -0.825. The smallest absolute Gasteiger partial charge is 0.319 e. The summed E-state index contributed by atoms with van der Waals surface area (Å²) in [6.45, 7) is 6.17. The van der Waals surface area contributed by atoms with Crippen molar-refractivity contribution in [2.24, 2.45) is 5.92 Å². The molecule has 5 nitrogen and oxygen atoms in total. The highest BCUT2D eigenvalue weighted by molar-refractivity contribution is 5.89. The summed E-state index contributed by atoms with van der Waals surface area (Å²) in [6.07, 6.45) is 1.54. The van der Waals surface area contributed by atoms with Gasteiger partial charge in [0, 0.05) is 18.2 Å². The second kappa shape index (κ2) is 8.29. The number of carboxylic acids is 1. The van der Waals surface area contributed by atoms with Gasteiger partial charge in [0.2, 0.25) is 0 Å². The van der Waals surface area contributed by atoms with Gasteiger partial charge in [-0.1, -0.05) is 32.4 Å². The molecule has 2 atom stereocenters. The van der Waals surface area contributed by atoms with Gasteiger partial charge >= 0.3 is 12.0 Å². The molecule has 21 heavy (non-hydrogen) atoms. The zero-order valence-electron chi connectivity index (χ0n) is 12.8. The van der Waals surface area contributed by atoms with E-state index in [4.69, 9.17) is 5.11 Å². The van der Waals surface area contributed by atoms with Crippen LogP contribution in [-0.4, -0.2) is 23.1 Å². The summed E-state index contributed by atoms with van der Waals surface area (Å²) in [5, 5.41) is 14.4. The fourth-order valence-electron chi connectivity index (χ4n) is 1.93. The van der Waals surface area contributed by atoms with Crippen molar-refractivity contribution in [2.75, 3.05) is 5.32 Å². The maximum Gasteiger partial charge on any atom is 0.319 e. The summed E-state index contributed by atoms with van der Waals surface area (Å²) < 4.78 is 0. The van der Waals surface area contributed by atoms with Gasteiger partial charge in [0.15, 0.2) is 0 Å². The van der Waals surface area contributed by atoms with Gasteiger partial charge in [-0.3, -0.25) is 4.79 Å². The number of aliphatic carboxylic acids is 1. The summed E-state index contributed by atoms with van der Waals surface area (Å²) in [5.74, 6) is -0.411. The van der Waals surface area contributed by atoms with Gasteiger partial charge in [0.25, 0.3) is 0 Å². The molecule has 0 aliphatic rings. The lowest BCUT2D eigenvalue weighted by Gasteiger charge is -2.20. The van der Waals surface area contributed by atoms with E-state index in [1.54, 1.807) is 12.1 Å². The van der Waals surface area contributed by atoms with E-state index < -0.39 is 5.97 Å². The number of carbonyl (C=O) groups is 2. The molecule has 1 rings (SSSR count). The second-order valence-electron chi connectivity index (χ2n) is 5.37. The van der Waals surface area contributed by atoms with Crippen molar-refractivity contribution >= 4 is 17.7 Å². The topological polar surface area (TPSA) is 78.4 Å². The minimum Gasteiger partial charge on any atom is -0.481 e. The van der Waals surface area contributed by atoms with Crippen LogP contribution in [-0.2, 0) is 11.2 Å². The molecule has 0 saturated carbocycles. The summed E-state index contributed by atoms with van der Waals surface area (Å²) in [5.41, 5.74) is 1.57. The van der Waals surface area contributed by atoms with Gasteiger partial charge in [-0.25, -0.2) is 4.79 Å². The molecule has 116 valence electrons. The maximum absolute atomic E-state index is 11.9. The standard InChI is InChI=1S/C16H24N2O3/c1-4-11(2)12(3)17-16(21)18-14-7-5-6-13(10-14)8-9-15(19)20/h5-7,10-12H,4,8-9H2,1-3H3,(H,19,20)(H2,17,18,21). The Morgan fingerprint density at radius 1 is 1.29 bits per heavy atom. The van der Waals surface area contributed by atoms with Crippen molar-refractivity contribution in [3.8, 4) is 0 Å². The Kier molecular flexibility index (Phi) is 6.72. The third-order valence-electron chi connectivity index (χ3n) is 3.67. The highest BCUT2D eigenvalue weighted by atomic mass is 16.4. The van der Waals surface area contributed by atoms with Crippen LogP contribution in [0, 0.1) is 5.92 Å². The van der Waals surface area contributed by atoms with Crippen LogP contribution in [0.4, 0.5) is 10.5 Å². The number of anilines is 1. The molecule has 1 aromatic carbocycles. The van der Waals surface area contributed by atoms with Gasteiger partial charge < -0.3 is 15.7 Å². The molecule has 2 amide bonds. The first-order chi connectivity index (χ1) is 9.92. The van der Waals surface area contributed by atoms with Crippen LogP contribution < -0.4 is 10.6 Å². The molecule has 0 aromatic heterocycles. The molecular formula is C16H24N2O3. The van der Waals surface area contributed by atoms with Crippen LogP contribution in [0.5, 0.6) is 0 Å². The predicted molar refractivity (Wildman–Crippen MR) is 83.5 cm³/mol. The van der Waals surface area contributed by atoms with Crippen LogP contribution in [0.2, 0.25) is 0 Å². The number of hydrogen-bond acceptors (Lipinski definition) is 2. The number of benzene rings is 1. The Bertz CT molecular complexity index is 488. The van der Waals surface area contributed by atoms with Gasteiger partial charge in [-0.15, -0.1) is 0 Å². The molecule has 1 aromatic rings. The maximum atomic E-state index is 11.9. The molecule has 0 fully saturated rings. The Hall–Kier alpha value is -2.04. The molecule has 0 spiro atoms. The summed E-state index contributed by atoms with van der Waals surface area (Å²) in [7, 11) is 0. The largest absolute Gasteiger partial charge is 0.481 e. The lowest BCUT2D eigenvalue weighted by Crippen LogP contribution is -2.39. The fraction of sp³-hybridized carbons (Fsp3) is 0.500. The van der Waals surface area contributed by atoms with Crippen molar-refractivity contribution in [2.45, 2.75) is 46.1 Å². The van der Waals surface area contributed by atoms with Crippen molar-refractivity contribution in [1.82, 2.24) is 5.32 Å². The third kappa shape index (κ3) is 6.29. The number of rotatable bonds is 7. The first kappa shape index (κ1) is 17.0. The molecule has 5 heteroatoms. The molecule has 2 unspecified atom stereocenters. The van der Waals surface area contributed by atoms with E-state index in [0.717, 1.165) is 12.0 Å². The molecule has 0 aliphatic heterocycles. The molecule has 3 N–H and O–H groups in total. The van der Waals surface area contributed by atoms with E-state index in [1.807, 2.05) is 19.1 Å². The van der Waals surface area contributed by atoms with Crippen LogP contribution in [0.3, 0.4) is 0 Å². The van der Waals surface area contributed by atoms with Crippen molar-refractivity contribution < 1.29 is 14.7 Å². The van der Waals surface area contributed by atoms with E-state index >= 15 is 0 Å². The number of carbonyl (C=O) groups excluding carboxylic acids is 1. The predicted octanol–water partition coefficient (Wildman–Crippen LogP) is 3.26. The Balaban J connectivity index is 2.56. The number of aryl methyl sites for hydroxylation is 1. The first-order valence-corrected chi connectivity index (χ1v) is 7.30. The molecular weight excluding hydrogens is 268 g/mol. The SMILES string of the molecule is CCC(C)C(C)NC(=O)Nc1cccc(CCC(=O)O)c1. The van der Waals surface area contributed by atoms with E-state index in [1.165, 1.54) is 0 Å². The molecule has 0 radical (unpaired) electrons. The van der Waals surface area contributed by atoms with Crippen LogP contribution in [0.25, 0.3) is 0 Å². The van der Waals surface area contributed by atoms with Gasteiger partial charge in [0.05, 0.1) is 0 Å². The summed E-state index contributed by atoms with van der Waals surface area (Å²) in [4.78, 5) is 22.5. The summed E-state index contributed by atoms with van der Waals surface area (Å²) in [6, 6.07) is 7.12. The van der Waals surface area contributed by atoms with Crippen molar-refractivity contribution in [3.63, 3.8) is 0 Å². The van der Waals surface area contributed by atoms with Crippen LogP contribution >= 0.6 is 0 Å². The molecule has 0 saturated heterocycles. The zero-order chi connectivity index (χ0) is 15.8. The lowest BCUT2D eigenvalue weighted by molar-refractivity contribution is -0.136. The second-order valence-corrected chi connectivity index (χ2v) is 5.37. The van der Waals surface area contributed by atoms with E-state index in [9.17, 15) is 9.59 Å². The van der Waals surface area contributed by atoms with E-state index in [0.29, 0.717) is 18.0 Å². The highest BCUT2D eigenvalue weighted by Crippen LogP contribution is 2.13. The van der Waals surface area contributed by atoms with Crippen LogP contribution in [0.15, 0.2) is 24.3 Å². The zero-order valence-corrected chi connectivity index (χ0v) is 12.8. The number of amides is 2. The molecule has 0 aliphatic carbocycles. The lowest BCUT2D eigenvalue weighted by atomic mass is 10.0. The first-order valence-electron chi connectivity index (χ1n) is 7.30. The van der Waals surface area contributed by atoms with Gasteiger partial charge in [-0.05, 0) is 37.0 Å². The highest BCUT2D eigenvalue weighted by Gasteiger charge is 2.13. The Morgan fingerprint density at radius 2 is 2.00 bits per heavy atom. The van der Waals surface area contributed by atoms with Crippen molar-refractivity contribution in [3.05, 3.63) is 29.8 Å². The normalized spacial score (nSPS) is 13.3. The minimum absolute atomic E-state index is 0.0840. The third-order valence-corrected chi connectivity index (χ3v) is 3.67. The number of urea groups is 1. The van der Waals surface area contributed by atoms with Crippen molar-refractivity contribution in [1.29, 1.82) is 0 Å². The van der Waals surface area contributed by atoms with E-state index in [-0.39, 0.29) is 18.5 Å². The average molecular weight is 292 g/mol. The Labute approximate surface area is 125 Å². The van der Waals surface area contributed by atoms with Gasteiger partial charge in [0.1, 0.15) is 0 Å².